The quantitative estimate of drug-likeness (QED) is 0.484. The van der Waals surface area contributed by atoms with Crippen LogP contribution in [-0.4, -0.2) is 33.0 Å². The number of nitrogens with two attached hydrogens (primary N) is 3. The molecule has 4 aromatic rings. The molecule has 0 saturated heterocycles. The van der Waals surface area contributed by atoms with Gasteiger partial charge in [-0.25, -0.2) is 4.98 Å². The molecule has 1 unspecified atom stereocenters. The van der Waals surface area contributed by atoms with Gasteiger partial charge in [-0.1, -0.05) is 42.5 Å². The minimum Gasteiger partial charge on any atom is -0.383 e. The second-order valence-corrected chi connectivity index (χ2v) is 6.60. The van der Waals surface area contributed by atoms with Crippen molar-refractivity contribution in [1.29, 1.82) is 0 Å². The zero-order valence-electron chi connectivity index (χ0n) is 15.6. The second-order valence-electron chi connectivity index (χ2n) is 6.60. The van der Waals surface area contributed by atoms with Crippen LogP contribution in [-0.2, 0) is 0 Å². The van der Waals surface area contributed by atoms with Crippen molar-refractivity contribution in [3.8, 4) is 0 Å². The van der Waals surface area contributed by atoms with Gasteiger partial charge < -0.3 is 22.1 Å². The molecule has 8 heteroatoms. The first-order chi connectivity index (χ1) is 13.6. The molecule has 0 aliphatic heterocycles. The largest absolute Gasteiger partial charge is 0.383 e. The Morgan fingerprint density at radius 2 is 1.75 bits per heavy atom. The smallest absolute Gasteiger partial charge is 0.227 e. The zero-order valence-corrected chi connectivity index (χ0v) is 15.6. The predicted octanol–water partition coefficient (Wildman–Crippen LogP) is 2.26. The van der Waals surface area contributed by atoms with Crippen molar-refractivity contribution in [2.75, 3.05) is 29.5 Å². The van der Waals surface area contributed by atoms with E-state index in [-0.39, 0.29) is 17.8 Å². The summed E-state index contributed by atoms with van der Waals surface area (Å²) in [7, 11) is 0. The second kappa shape index (κ2) is 7.24. The Morgan fingerprint density at radius 3 is 2.57 bits per heavy atom. The number of rotatable bonds is 5. The first kappa shape index (κ1) is 17.9. The summed E-state index contributed by atoms with van der Waals surface area (Å²) in [4.78, 5) is 19.3. The molecular formula is C20H22N8. The third kappa shape index (κ3) is 3.14. The van der Waals surface area contributed by atoms with E-state index in [1.807, 2.05) is 12.1 Å². The molecule has 2 heterocycles. The van der Waals surface area contributed by atoms with E-state index in [0.717, 1.165) is 0 Å². The van der Waals surface area contributed by atoms with E-state index < -0.39 is 0 Å². The van der Waals surface area contributed by atoms with Gasteiger partial charge in [0.15, 0.2) is 5.65 Å². The zero-order chi connectivity index (χ0) is 19.7. The number of benzene rings is 2. The van der Waals surface area contributed by atoms with Crippen LogP contribution in [0.5, 0.6) is 0 Å². The predicted molar refractivity (Wildman–Crippen MR) is 113 cm³/mol. The molecule has 1 atom stereocenters. The normalized spacial score (nSPS) is 12.4. The topological polar surface area (TPSA) is 133 Å². The van der Waals surface area contributed by atoms with Gasteiger partial charge in [0.2, 0.25) is 11.9 Å². The third-order valence-corrected chi connectivity index (χ3v) is 4.86. The van der Waals surface area contributed by atoms with Crippen LogP contribution in [0.4, 0.5) is 17.7 Å². The molecule has 6 N–H and O–H groups in total. The lowest BCUT2D eigenvalue weighted by Crippen LogP contribution is -2.33. The first-order valence-corrected chi connectivity index (χ1v) is 9.08. The number of nitrogen functional groups attached to an aromatic ring is 2. The van der Waals surface area contributed by atoms with Gasteiger partial charge in [0.1, 0.15) is 5.82 Å². The molecule has 0 aliphatic carbocycles. The third-order valence-electron chi connectivity index (χ3n) is 4.86. The minimum absolute atomic E-state index is 0.00336. The maximum atomic E-state index is 5.91. The summed E-state index contributed by atoms with van der Waals surface area (Å²) in [5, 5.41) is 2.95. The minimum atomic E-state index is 0.00336. The Kier molecular flexibility index (Phi) is 4.62. The van der Waals surface area contributed by atoms with Gasteiger partial charge in [-0.15, -0.1) is 0 Å². The summed E-state index contributed by atoms with van der Waals surface area (Å²) in [5.41, 5.74) is 19.1. The summed E-state index contributed by atoms with van der Waals surface area (Å²) in [5.74, 6) is 0.875. The summed E-state index contributed by atoms with van der Waals surface area (Å²) in [6.07, 6.45) is 1.63. The molecule has 0 amide bonds. The summed E-state index contributed by atoms with van der Waals surface area (Å²) in [6, 6.07) is 14.6. The Morgan fingerprint density at radius 1 is 0.964 bits per heavy atom. The Balaban J connectivity index is 1.81. The molecular weight excluding hydrogens is 352 g/mol. The SMILES string of the molecule is CC(c1cccc2ccccc12)N(CCN)c1ncc2c(N)nc(N)nc2n1. The molecule has 4 rings (SSSR count). The molecule has 0 spiro atoms. The van der Waals surface area contributed by atoms with Crippen molar-refractivity contribution in [3.05, 3.63) is 54.2 Å². The van der Waals surface area contributed by atoms with Gasteiger partial charge >= 0.3 is 0 Å². The lowest BCUT2D eigenvalue weighted by Gasteiger charge is -2.30. The van der Waals surface area contributed by atoms with Crippen LogP contribution >= 0.6 is 0 Å². The average molecular weight is 374 g/mol. The van der Waals surface area contributed by atoms with E-state index >= 15 is 0 Å². The van der Waals surface area contributed by atoms with E-state index in [4.69, 9.17) is 17.2 Å². The van der Waals surface area contributed by atoms with Crippen LogP contribution < -0.4 is 22.1 Å². The average Bonchev–Trinajstić information content (AvgIpc) is 2.70. The van der Waals surface area contributed by atoms with Gasteiger partial charge in [0, 0.05) is 19.3 Å². The first-order valence-electron chi connectivity index (χ1n) is 9.08. The molecule has 0 saturated carbocycles. The maximum absolute atomic E-state index is 5.91. The molecule has 0 bridgehead atoms. The van der Waals surface area contributed by atoms with Gasteiger partial charge in [0.25, 0.3) is 0 Å². The fourth-order valence-corrected chi connectivity index (χ4v) is 3.47. The molecule has 0 fully saturated rings. The monoisotopic (exact) mass is 374 g/mol. The highest BCUT2D eigenvalue weighted by Crippen LogP contribution is 2.30. The van der Waals surface area contributed by atoms with Crippen LogP contribution in [0.15, 0.2) is 48.7 Å². The number of aromatic nitrogens is 4. The Bertz CT molecular complexity index is 1140. The van der Waals surface area contributed by atoms with Crippen LogP contribution in [0.25, 0.3) is 21.8 Å². The number of hydrogen-bond donors (Lipinski definition) is 3. The molecule has 8 nitrogen and oxygen atoms in total. The van der Waals surface area contributed by atoms with Gasteiger partial charge in [0.05, 0.1) is 11.4 Å². The molecule has 28 heavy (non-hydrogen) atoms. The van der Waals surface area contributed by atoms with Crippen molar-refractivity contribution < 1.29 is 0 Å². The Hall–Kier alpha value is -3.52. The van der Waals surface area contributed by atoms with Crippen molar-refractivity contribution in [2.45, 2.75) is 13.0 Å². The van der Waals surface area contributed by atoms with E-state index in [9.17, 15) is 0 Å². The molecule has 142 valence electrons. The molecule has 0 radical (unpaired) electrons. The van der Waals surface area contributed by atoms with Gasteiger partial charge in [-0.05, 0) is 23.3 Å². The van der Waals surface area contributed by atoms with Crippen LogP contribution in [0, 0.1) is 0 Å². The van der Waals surface area contributed by atoms with Crippen molar-refractivity contribution in [1.82, 2.24) is 19.9 Å². The van der Waals surface area contributed by atoms with Gasteiger partial charge in [-0.3, -0.25) is 0 Å². The number of fused-ring (bicyclic) bond motifs is 2. The van der Waals surface area contributed by atoms with Crippen molar-refractivity contribution >= 4 is 39.5 Å². The molecule has 2 aromatic heterocycles. The lowest BCUT2D eigenvalue weighted by molar-refractivity contribution is 0.656. The Labute approximate surface area is 162 Å². The lowest BCUT2D eigenvalue weighted by atomic mass is 9.99. The highest BCUT2D eigenvalue weighted by molar-refractivity contribution is 5.87. The van der Waals surface area contributed by atoms with E-state index in [2.05, 4.69) is 62.1 Å². The van der Waals surface area contributed by atoms with E-state index in [0.29, 0.717) is 30.1 Å². The standard InChI is InChI=1S/C20H22N8/c1-12(14-8-4-6-13-5-2-3-7-15(13)14)28(10-9-21)20-24-11-16-17(22)25-19(23)26-18(16)27-20/h2-8,11-12H,9-10,21H2,1H3,(H4,22,23,24,25,26,27). The van der Waals surface area contributed by atoms with Crippen LogP contribution in [0.1, 0.15) is 18.5 Å². The van der Waals surface area contributed by atoms with Crippen LogP contribution in [0.2, 0.25) is 0 Å². The molecule has 2 aromatic carbocycles. The summed E-state index contributed by atoms with van der Waals surface area (Å²) >= 11 is 0. The molecule has 0 aliphatic rings. The summed E-state index contributed by atoms with van der Waals surface area (Å²) in [6.45, 7) is 3.17. The fraction of sp³-hybridized carbons (Fsp3) is 0.200. The van der Waals surface area contributed by atoms with Gasteiger partial charge in [-0.2, -0.15) is 15.0 Å². The summed E-state index contributed by atoms with van der Waals surface area (Å²) < 4.78 is 0. The number of hydrogen-bond acceptors (Lipinski definition) is 8. The number of nitrogens with zero attached hydrogens (tertiary/aromatic N) is 5. The van der Waals surface area contributed by atoms with Crippen molar-refractivity contribution in [2.24, 2.45) is 5.73 Å². The van der Waals surface area contributed by atoms with E-state index in [1.54, 1.807) is 6.20 Å². The van der Waals surface area contributed by atoms with Crippen LogP contribution in [0.3, 0.4) is 0 Å². The maximum Gasteiger partial charge on any atom is 0.227 e. The number of anilines is 3. The van der Waals surface area contributed by atoms with Crippen molar-refractivity contribution in [3.63, 3.8) is 0 Å². The van der Waals surface area contributed by atoms with E-state index in [1.165, 1.54) is 16.3 Å². The highest BCUT2D eigenvalue weighted by atomic mass is 15.3. The highest BCUT2D eigenvalue weighted by Gasteiger charge is 2.21. The fourth-order valence-electron chi connectivity index (χ4n) is 3.47.